The zero-order valence-corrected chi connectivity index (χ0v) is 32.9. The molecule has 5 heterocycles. The fourth-order valence-electron chi connectivity index (χ4n) is 7.51. The van der Waals surface area contributed by atoms with E-state index in [1.165, 1.54) is 29.5 Å². The smallest absolute Gasteiger partial charge is 0.387 e. The Morgan fingerprint density at radius 2 is 1.74 bits per heavy atom. The maximum absolute atomic E-state index is 14.1. The third-order valence-corrected chi connectivity index (χ3v) is 12.4. The van der Waals surface area contributed by atoms with E-state index in [-0.39, 0.29) is 39.6 Å². The average Bonchev–Trinajstić information content (AvgIpc) is 3.94. The van der Waals surface area contributed by atoms with Crippen LogP contribution in [0.4, 0.5) is 14.5 Å². The highest BCUT2D eigenvalue weighted by atomic mass is 35.5. The molecule has 298 valence electrons. The normalized spacial score (nSPS) is 19.9. The van der Waals surface area contributed by atoms with Gasteiger partial charge in [-0.25, -0.2) is 9.59 Å². The number of nitrogens with zero attached hydrogens (tertiary/aromatic N) is 2. The van der Waals surface area contributed by atoms with Gasteiger partial charge < -0.3 is 29.5 Å². The molecule has 2 bridgehead atoms. The molecule has 4 fully saturated rings. The molecule has 3 saturated heterocycles. The van der Waals surface area contributed by atoms with E-state index in [9.17, 15) is 23.6 Å². The number of hydrogen-bond acceptors (Lipinski definition) is 10. The van der Waals surface area contributed by atoms with Crippen LogP contribution in [0.1, 0.15) is 64.9 Å². The van der Waals surface area contributed by atoms with Crippen molar-refractivity contribution in [2.75, 3.05) is 31.6 Å². The summed E-state index contributed by atoms with van der Waals surface area (Å²) in [7, 11) is 0. The largest absolute Gasteiger partial charge is 0.619 e. The first-order valence-electron chi connectivity index (χ1n) is 18.8. The molecule has 57 heavy (non-hydrogen) atoms. The van der Waals surface area contributed by atoms with Crippen LogP contribution in [0.25, 0.3) is 10.1 Å². The van der Waals surface area contributed by atoms with Crippen molar-refractivity contribution in [1.29, 1.82) is 0 Å². The highest BCUT2D eigenvalue weighted by molar-refractivity contribution is 7.17. The summed E-state index contributed by atoms with van der Waals surface area (Å²) >= 11 is 14.4. The fourth-order valence-corrected chi connectivity index (χ4v) is 9.09. The summed E-state index contributed by atoms with van der Waals surface area (Å²) in [6, 6.07) is 17.9. The Labute approximate surface area is 341 Å². The Kier molecular flexibility index (Phi) is 11.7. The lowest BCUT2D eigenvalue weighted by Gasteiger charge is -2.44. The van der Waals surface area contributed by atoms with Gasteiger partial charge in [0.25, 0.3) is 0 Å². The van der Waals surface area contributed by atoms with Gasteiger partial charge in [-0.05, 0) is 103 Å². The van der Waals surface area contributed by atoms with E-state index in [2.05, 4.69) is 10.2 Å². The van der Waals surface area contributed by atoms with E-state index in [4.69, 9.17) is 42.1 Å². The molecule has 3 aliphatic heterocycles. The van der Waals surface area contributed by atoms with Gasteiger partial charge in [-0.15, -0.1) is 11.3 Å². The summed E-state index contributed by atoms with van der Waals surface area (Å²) in [5.41, 5.74) is 2.13. The lowest BCUT2D eigenvalue weighted by Crippen LogP contribution is -2.52. The summed E-state index contributed by atoms with van der Waals surface area (Å²) in [5, 5.41) is 18.4. The minimum atomic E-state index is -3.09. The molecule has 2 aromatic heterocycles. The first-order valence-corrected chi connectivity index (χ1v) is 20.5. The second-order valence-corrected chi connectivity index (χ2v) is 16.4. The number of thiophene rings is 1. The molecule has 3 atom stereocenters. The maximum Gasteiger partial charge on any atom is 0.387 e. The van der Waals surface area contributed by atoms with E-state index >= 15 is 0 Å². The van der Waals surface area contributed by atoms with E-state index in [1.54, 1.807) is 24.3 Å². The number of rotatable bonds is 15. The topological polar surface area (TPSA) is 113 Å². The fraction of sp³-hybridized carbons (Fsp3) is 0.357. The number of halogens is 4. The van der Waals surface area contributed by atoms with Crippen molar-refractivity contribution in [1.82, 2.24) is 4.90 Å². The number of benzene rings is 3. The van der Waals surface area contributed by atoms with Crippen LogP contribution in [-0.2, 0) is 20.7 Å². The van der Waals surface area contributed by atoms with Gasteiger partial charge in [0.2, 0.25) is 0 Å². The van der Waals surface area contributed by atoms with E-state index in [0.717, 1.165) is 66.8 Å². The number of fused-ring (bicyclic) bond motifs is 4. The van der Waals surface area contributed by atoms with Gasteiger partial charge in [-0.1, -0.05) is 53.5 Å². The number of esters is 2. The van der Waals surface area contributed by atoms with Crippen molar-refractivity contribution in [2.45, 2.75) is 57.0 Å². The van der Waals surface area contributed by atoms with Crippen molar-refractivity contribution in [3.63, 3.8) is 0 Å². The Hall–Kier alpha value is -4.69. The van der Waals surface area contributed by atoms with Gasteiger partial charge in [-0.2, -0.15) is 13.5 Å². The van der Waals surface area contributed by atoms with Crippen LogP contribution in [0.15, 0.2) is 84.5 Å². The summed E-state index contributed by atoms with van der Waals surface area (Å²) in [4.78, 5) is 30.5. The Morgan fingerprint density at radius 3 is 2.46 bits per heavy atom. The third-order valence-electron chi connectivity index (χ3n) is 10.8. The number of hydrogen-bond donors (Lipinski definition) is 1. The molecule has 1 saturated carbocycles. The Balaban J connectivity index is 1.08. The molecular weight excluding hydrogens is 799 g/mol. The van der Waals surface area contributed by atoms with Gasteiger partial charge in [0.1, 0.15) is 22.3 Å². The Morgan fingerprint density at radius 1 is 0.965 bits per heavy atom. The predicted octanol–water partition coefficient (Wildman–Crippen LogP) is 9.16. The lowest BCUT2D eigenvalue weighted by molar-refractivity contribution is -0.605. The predicted molar refractivity (Wildman–Crippen MR) is 212 cm³/mol. The highest BCUT2D eigenvalue weighted by Crippen LogP contribution is 2.39. The number of carbonyl (C=O) groups excluding carboxylic acids is 2. The quantitative estimate of drug-likeness (QED) is 0.0627. The van der Waals surface area contributed by atoms with Crippen molar-refractivity contribution >= 4 is 62.3 Å². The second-order valence-electron chi connectivity index (χ2n) is 14.7. The molecule has 9 rings (SSSR count). The number of alkyl halides is 2. The highest BCUT2D eigenvalue weighted by Gasteiger charge is 2.38. The van der Waals surface area contributed by atoms with Crippen molar-refractivity contribution in [3.05, 3.63) is 122 Å². The average molecular weight is 839 g/mol. The number of anilines is 1. The molecule has 0 amide bonds. The van der Waals surface area contributed by atoms with Crippen molar-refractivity contribution in [2.24, 2.45) is 11.8 Å². The lowest BCUT2D eigenvalue weighted by atomic mass is 9.86. The summed E-state index contributed by atoms with van der Waals surface area (Å²) in [6.45, 7) is -0.0444. The number of aromatic nitrogens is 1. The molecule has 0 spiro atoms. The standard InChI is InChI=1S/C42H39Cl2F2N3O7S/c43-32-19-49(52)20-33(44)30(32)18-35(26-10-11-34(56-42(45)46)36(17-26)53-22-24-8-9-24)54-40(50)27-4-3-5-28(16-27)47-39(31-23-57-38-7-2-1-6-29(31)38)41(51)55-37-21-48-14-12-25(37)13-15-48/h1-7,10-11,16-17,19-20,23-25,35,37,39,42,47H,8-9,12-15,18,21-22H2/t35?,37-,39?/m0/s1. The number of ether oxygens (including phenoxy) is 4. The van der Waals surface area contributed by atoms with E-state index in [0.29, 0.717) is 46.5 Å². The van der Waals surface area contributed by atoms with Crippen LogP contribution in [0, 0.1) is 17.0 Å². The van der Waals surface area contributed by atoms with Crippen LogP contribution in [0.5, 0.6) is 11.5 Å². The summed E-state index contributed by atoms with van der Waals surface area (Å²) in [5.74, 6) is -0.607. The molecule has 3 aromatic carbocycles. The number of carbonyl (C=O) groups is 2. The number of pyridine rings is 1. The van der Waals surface area contributed by atoms with Gasteiger partial charge in [-0.3, -0.25) is 4.90 Å². The molecule has 5 aromatic rings. The molecule has 0 radical (unpaired) electrons. The molecule has 2 unspecified atom stereocenters. The van der Waals surface area contributed by atoms with E-state index < -0.39 is 30.7 Å². The Bertz CT molecular complexity index is 2240. The molecular formula is C42H39Cl2F2N3O7S. The SMILES string of the molecule is O=C(OC(Cc1c(Cl)c[n+]([O-])cc1Cl)c1ccc(OC(F)F)c(OCC2CC2)c1)c1cccc(NC(C(=O)O[C@H]2CN3CCC2CC3)c2csc3ccccc23)c1. The van der Waals surface area contributed by atoms with Gasteiger partial charge in [0, 0.05) is 34.5 Å². The minimum Gasteiger partial charge on any atom is -0.619 e. The summed E-state index contributed by atoms with van der Waals surface area (Å²) < 4.78 is 51.2. The number of piperidine rings is 3. The number of nitrogens with one attached hydrogen (secondary N) is 1. The zero-order chi connectivity index (χ0) is 39.6. The molecule has 1 aliphatic carbocycles. The first-order chi connectivity index (χ1) is 27.6. The molecule has 10 nitrogen and oxygen atoms in total. The molecule has 4 aliphatic rings. The monoisotopic (exact) mass is 837 g/mol. The van der Waals surface area contributed by atoms with Crippen LogP contribution >= 0.6 is 34.5 Å². The van der Waals surface area contributed by atoms with Crippen LogP contribution in [0.3, 0.4) is 0 Å². The third kappa shape index (κ3) is 9.22. The zero-order valence-electron chi connectivity index (χ0n) is 30.6. The van der Waals surface area contributed by atoms with Gasteiger partial charge in [0.05, 0.1) is 12.2 Å². The van der Waals surface area contributed by atoms with Crippen molar-refractivity contribution < 1.29 is 42.0 Å². The van der Waals surface area contributed by atoms with Crippen LogP contribution in [0.2, 0.25) is 10.0 Å². The summed E-state index contributed by atoms with van der Waals surface area (Å²) in [6.07, 6.45) is 4.84. The van der Waals surface area contributed by atoms with E-state index in [1.807, 2.05) is 29.6 Å². The van der Waals surface area contributed by atoms with Crippen LogP contribution < -0.4 is 19.5 Å². The maximum atomic E-state index is 14.1. The van der Waals surface area contributed by atoms with Gasteiger partial charge in [0.15, 0.2) is 29.9 Å². The first kappa shape index (κ1) is 39.2. The van der Waals surface area contributed by atoms with Gasteiger partial charge >= 0.3 is 18.6 Å². The van der Waals surface area contributed by atoms with Crippen LogP contribution in [-0.4, -0.2) is 55.8 Å². The molecule has 1 N–H and O–H groups in total. The second kappa shape index (κ2) is 17.0. The van der Waals surface area contributed by atoms with Crippen molar-refractivity contribution in [3.8, 4) is 11.5 Å². The molecule has 15 heteroatoms. The minimum absolute atomic E-state index is 0.0460.